The van der Waals surface area contributed by atoms with Crippen molar-refractivity contribution in [2.75, 3.05) is 0 Å². The average molecular weight is 234 g/mol. The number of pyridine rings is 1. The fourth-order valence-corrected chi connectivity index (χ4v) is 1.12. The van der Waals surface area contributed by atoms with Crippen molar-refractivity contribution in [3.05, 3.63) is 32.6 Å². The molecule has 1 heterocycles. The first kappa shape index (κ1) is 11.3. The summed E-state index contributed by atoms with van der Waals surface area (Å²) < 4.78 is 24.6. The lowest BCUT2D eigenvalue weighted by molar-refractivity contribution is -0.384. The molecule has 78 valence electrons. The topological polar surface area (TPSA) is 79.8 Å². The molecule has 0 radical (unpaired) electrons. The molecule has 0 saturated heterocycles. The highest BCUT2D eigenvalue weighted by atomic mass is 35.5. The number of nitrogens with zero attached hydrogens (tertiary/aromatic N) is 3. The van der Waals surface area contributed by atoms with E-state index in [9.17, 15) is 18.9 Å². The molecule has 0 unspecified atom stereocenters. The van der Waals surface area contributed by atoms with E-state index in [0.717, 1.165) is 6.07 Å². The molecule has 1 rings (SSSR count). The summed E-state index contributed by atoms with van der Waals surface area (Å²) in [6.07, 6.45) is -3.07. The number of nitro groups is 1. The summed E-state index contributed by atoms with van der Waals surface area (Å²) >= 11 is 5.33. The summed E-state index contributed by atoms with van der Waals surface area (Å²) in [6.45, 7) is 0. The van der Waals surface area contributed by atoms with Crippen molar-refractivity contribution in [1.82, 2.24) is 4.98 Å². The lowest BCUT2D eigenvalue weighted by Crippen LogP contribution is -1.99. The van der Waals surface area contributed by atoms with E-state index in [2.05, 4.69) is 4.98 Å². The Morgan fingerprint density at radius 3 is 2.67 bits per heavy atom. The van der Waals surface area contributed by atoms with Crippen LogP contribution in [0.5, 0.6) is 0 Å². The van der Waals surface area contributed by atoms with Gasteiger partial charge in [-0.1, -0.05) is 11.6 Å². The van der Waals surface area contributed by atoms with Crippen molar-refractivity contribution >= 4 is 17.3 Å². The monoisotopic (exact) mass is 233 g/mol. The maximum atomic E-state index is 12.3. The van der Waals surface area contributed by atoms with Gasteiger partial charge < -0.3 is 0 Å². The zero-order valence-corrected chi connectivity index (χ0v) is 7.70. The van der Waals surface area contributed by atoms with Gasteiger partial charge in [0, 0.05) is 0 Å². The molecule has 1 aromatic rings. The third-order valence-electron chi connectivity index (χ3n) is 1.48. The minimum atomic E-state index is -3.07. The Kier molecular flexibility index (Phi) is 3.11. The summed E-state index contributed by atoms with van der Waals surface area (Å²) in [5.74, 6) is 0. The number of hydrogen-bond acceptors (Lipinski definition) is 4. The number of nitriles is 1. The summed E-state index contributed by atoms with van der Waals surface area (Å²) in [5.41, 5.74) is -2.18. The Balaban J connectivity index is 3.49. The van der Waals surface area contributed by atoms with E-state index in [-0.39, 0.29) is 0 Å². The lowest BCUT2D eigenvalue weighted by atomic mass is 10.2. The van der Waals surface area contributed by atoms with Gasteiger partial charge in [-0.3, -0.25) is 10.1 Å². The molecule has 0 saturated carbocycles. The van der Waals surface area contributed by atoms with Crippen LogP contribution < -0.4 is 0 Å². The molecule has 0 aliphatic heterocycles. The molecule has 0 spiro atoms. The molecule has 5 nitrogen and oxygen atoms in total. The maximum Gasteiger partial charge on any atom is 0.292 e. The number of halogens is 3. The van der Waals surface area contributed by atoms with Gasteiger partial charge in [0.15, 0.2) is 0 Å². The Bertz CT molecular complexity index is 458. The van der Waals surface area contributed by atoms with E-state index < -0.39 is 33.4 Å². The summed E-state index contributed by atoms with van der Waals surface area (Å²) in [6, 6.07) is 2.18. The molecule has 15 heavy (non-hydrogen) atoms. The van der Waals surface area contributed by atoms with Crippen LogP contribution in [0.25, 0.3) is 0 Å². The highest BCUT2D eigenvalue weighted by Crippen LogP contribution is 2.33. The highest BCUT2D eigenvalue weighted by molar-refractivity contribution is 6.33. The molecule has 0 aliphatic carbocycles. The van der Waals surface area contributed by atoms with Gasteiger partial charge in [-0.25, -0.2) is 13.8 Å². The van der Waals surface area contributed by atoms with Gasteiger partial charge in [0.25, 0.3) is 12.1 Å². The lowest BCUT2D eigenvalue weighted by Gasteiger charge is -2.02. The predicted octanol–water partition coefficient (Wildman–Crippen LogP) is 2.45. The molecule has 0 atom stereocenters. The summed E-state index contributed by atoms with van der Waals surface area (Å²) in [5, 5.41) is 18.1. The molecule has 0 N–H and O–H groups in total. The second-order valence-corrected chi connectivity index (χ2v) is 2.77. The second-order valence-electron chi connectivity index (χ2n) is 2.40. The van der Waals surface area contributed by atoms with Crippen molar-refractivity contribution in [2.24, 2.45) is 0 Å². The number of alkyl halides is 2. The van der Waals surface area contributed by atoms with Crippen LogP contribution >= 0.6 is 11.6 Å². The van der Waals surface area contributed by atoms with Crippen LogP contribution in [-0.2, 0) is 0 Å². The molecule has 0 fully saturated rings. The number of aromatic nitrogens is 1. The van der Waals surface area contributed by atoms with Crippen LogP contribution in [0.1, 0.15) is 17.8 Å². The highest BCUT2D eigenvalue weighted by Gasteiger charge is 2.24. The van der Waals surface area contributed by atoms with Gasteiger partial charge in [-0.2, -0.15) is 5.26 Å². The van der Waals surface area contributed by atoms with Gasteiger partial charge in [-0.15, -0.1) is 0 Å². The largest absolute Gasteiger partial charge is 0.292 e. The van der Waals surface area contributed by atoms with Crippen LogP contribution in [0.3, 0.4) is 0 Å². The molecular weight excluding hydrogens is 232 g/mol. The van der Waals surface area contributed by atoms with E-state index in [1.807, 2.05) is 0 Å². The number of hydrogen-bond donors (Lipinski definition) is 0. The van der Waals surface area contributed by atoms with Gasteiger partial charge in [-0.05, 0) is 0 Å². The fourth-order valence-electron chi connectivity index (χ4n) is 0.870. The zero-order valence-electron chi connectivity index (χ0n) is 6.95. The van der Waals surface area contributed by atoms with Gasteiger partial charge in [0.1, 0.15) is 22.5 Å². The SMILES string of the molecule is N#Cc1cc([N+](=O)[O-])c(Cl)c(C(F)F)n1. The molecule has 0 amide bonds. The van der Waals surface area contributed by atoms with Crippen LogP contribution in [0, 0.1) is 21.4 Å². The first-order valence-corrected chi connectivity index (χ1v) is 3.88. The Hall–Kier alpha value is -1.81. The molecule has 0 bridgehead atoms. The van der Waals surface area contributed by atoms with Crippen molar-refractivity contribution in [2.45, 2.75) is 6.43 Å². The maximum absolute atomic E-state index is 12.3. The van der Waals surface area contributed by atoms with Crippen LogP contribution in [-0.4, -0.2) is 9.91 Å². The molecule has 0 aliphatic rings. The van der Waals surface area contributed by atoms with Crippen molar-refractivity contribution in [3.8, 4) is 6.07 Å². The Labute approximate surface area is 87.1 Å². The van der Waals surface area contributed by atoms with E-state index in [0.29, 0.717) is 0 Å². The quantitative estimate of drug-likeness (QED) is 0.580. The van der Waals surface area contributed by atoms with Gasteiger partial charge in [0.2, 0.25) is 0 Å². The molecule has 1 aromatic heterocycles. The smallest absolute Gasteiger partial charge is 0.258 e. The fraction of sp³-hybridized carbons (Fsp3) is 0.143. The first-order valence-electron chi connectivity index (χ1n) is 3.50. The van der Waals surface area contributed by atoms with Gasteiger partial charge in [0.05, 0.1) is 11.0 Å². The van der Waals surface area contributed by atoms with Crippen LogP contribution in [0.15, 0.2) is 6.07 Å². The Morgan fingerprint density at radius 2 is 2.27 bits per heavy atom. The van der Waals surface area contributed by atoms with E-state index in [1.54, 1.807) is 0 Å². The third-order valence-corrected chi connectivity index (χ3v) is 1.87. The van der Waals surface area contributed by atoms with Crippen LogP contribution in [0.2, 0.25) is 5.02 Å². The minimum absolute atomic E-state index is 0.471. The van der Waals surface area contributed by atoms with E-state index in [4.69, 9.17) is 16.9 Å². The van der Waals surface area contributed by atoms with E-state index >= 15 is 0 Å². The second kappa shape index (κ2) is 4.14. The van der Waals surface area contributed by atoms with E-state index in [1.165, 1.54) is 6.07 Å². The standard InChI is InChI=1S/C7H2ClF2N3O2/c8-5-4(13(14)15)1-3(2-11)12-6(5)7(9)10/h1,7H. The average Bonchev–Trinajstić information content (AvgIpc) is 2.17. The first-order chi connectivity index (χ1) is 6.97. The molecule has 0 aromatic carbocycles. The Morgan fingerprint density at radius 1 is 1.67 bits per heavy atom. The minimum Gasteiger partial charge on any atom is -0.258 e. The summed E-state index contributed by atoms with van der Waals surface area (Å²) in [4.78, 5) is 12.6. The van der Waals surface area contributed by atoms with Gasteiger partial charge >= 0.3 is 0 Å². The zero-order chi connectivity index (χ0) is 11.6. The van der Waals surface area contributed by atoms with Crippen molar-refractivity contribution in [1.29, 1.82) is 5.26 Å². The van der Waals surface area contributed by atoms with Crippen molar-refractivity contribution in [3.63, 3.8) is 0 Å². The normalized spacial score (nSPS) is 10.1. The predicted molar refractivity (Wildman–Crippen MR) is 45.6 cm³/mol. The number of rotatable bonds is 2. The van der Waals surface area contributed by atoms with Crippen LogP contribution in [0.4, 0.5) is 14.5 Å². The molecular formula is C7H2ClF2N3O2. The molecule has 8 heteroatoms. The third kappa shape index (κ3) is 2.16. The summed E-state index contributed by atoms with van der Waals surface area (Å²) in [7, 11) is 0. The van der Waals surface area contributed by atoms with Crippen molar-refractivity contribution < 1.29 is 13.7 Å².